The van der Waals surface area contributed by atoms with Crippen molar-refractivity contribution in [3.8, 4) is 0 Å². The van der Waals surface area contributed by atoms with Crippen LogP contribution in [-0.4, -0.2) is 18.0 Å². The van der Waals surface area contributed by atoms with Gasteiger partial charge in [-0.15, -0.1) is 0 Å². The van der Waals surface area contributed by atoms with Crippen molar-refractivity contribution in [2.75, 3.05) is 0 Å². The van der Waals surface area contributed by atoms with E-state index < -0.39 is 0 Å². The van der Waals surface area contributed by atoms with Crippen molar-refractivity contribution in [1.82, 2.24) is 0 Å². The van der Waals surface area contributed by atoms with Crippen LogP contribution in [0.5, 0.6) is 0 Å². The molecule has 1 aliphatic heterocycles. The fraction of sp³-hybridized carbons (Fsp3) is 0.909. The lowest BCUT2D eigenvalue weighted by Crippen LogP contribution is -2.26. The molecule has 0 spiro atoms. The fourth-order valence-corrected chi connectivity index (χ4v) is 1.43. The highest BCUT2D eigenvalue weighted by molar-refractivity contribution is 5.90. The molecule has 1 heterocycles. The first-order valence-electron chi connectivity index (χ1n) is 5.16. The Morgan fingerprint density at radius 1 is 1.38 bits per heavy atom. The van der Waals surface area contributed by atoms with E-state index in [4.69, 9.17) is 4.74 Å². The number of ketones is 1. The molecule has 76 valence electrons. The molecule has 1 aliphatic rings. The van der Waals surface area contributed by atoms with E-state index in [0.717, 1.165) is 6.42 Å². The molecule has 0 aromatic rings. The van der Waals surface area contributed by atoms with Gasteiger partial charge in [0.15, 0.2) is 5.78 Å². The van der Waals surface area contributed by atoms with Gasteiger partial charge in [0.05, 0.1) is 6.10 Å². The molecule has 1 saturated heterocycles. The van der Waals surface area contributed by atoms with E-state index in [1.165, 1.54) is 12.8 Å². The van der Waals surface area contributed by atoms with Gasteiger partial charge in [-0.05, 0) is 6.42 Å². The van der Waals surface area contributed by atoms with Crippen LogP contribution in [0, 0.1) is 5.41 Å². The third kappa shape index (κ3) is 2.80. The average Bonchev–Trinajstić information content (AvgIpc) is 2.76. The van der Waals surface area contributed by atoms with Crippen LogP contribution in [0.2, 0.25) is 0 Å². The van der Waals surface area contributed by atoms with E-state index >= 15 is 0 Å². The van der Waals surface area contributed by atoms with Gasteiger partial charge in [0.25, 0.3) is 0 Å². The summed E-state index contributed by atoms with van der Waals surface area (Å²) in [6, 6.07) is 0. The second kappa shape index (κ2) is 3.79. The van der Waals surface area contributed by atoms with Crippen LogP contribution in [-0.2, 0) is 9.53 Å². The Hall–Kier alpha value is -0.370. The van der Waals surface area contributed by atoms with Crippen LogP contribution in [0.25, 0.3) is 0 Å². The van der Waals surface area contributed by atoms with Gasteiger partial charge < -0.3 is 4.74 Å². The molecule has 2 nitrogen and oxygen atoms in total. The summed E-state index contributed by atoms with van der Waals surface area (Å²) in [6.07, 6.45) is 3.52. The first-order valence-corrected chi connectivity index (χ1v) is 5.16. The van der Waals surface area contributed by atoms with Crippen LogP contribution in [0.3, 0.4) is 0 Å². The minimum Gasteiger partial charge on any atom is -0.361 e. The monoisotopic (exact) mass is 184 g/mol. The molecule has 0 bridgehead atoms. The van der Waals surface area contributed by atoms with E-state index in [-0.39, 0.29) is 23.4 Å². The maximum Gasteiger partial charge on any atom is 0.169 e. The second-order valence-corrected chi connectivity index (χ2v) is 4.85. The quantitative estimate of drug-likeness (QED) is 0.628. The number of ether oxygens (including phenoxy) is 1. The molecular weight excluding hydrogens is 164 g/mol. The van der Waals surface area contributed by atoms with Crippen LogP contribution < -0.4 is 0 Å². The number of carbonyl (C=O) groups excluding carboxylic acids is 1. The summed E-state index contributed by atoms with van der Waals surface area (Å²) in [4.78, 5) is 11.7. The highest BCUT2D eigenvalue weighted by atomic mass is 16.6. The molecule has 0 N–H and O–H groups in total. The summed E-state index contributed by atoms with van der Waals surface area (Å²) in [6.45, 7) is 8.01. The van der Waals surface area contributed by atoms with E-state index in [1.54, 1.807) is 0 Å². The third-order valence-corrected chi connectivity index (χ3v) is 2.42. The number of carbonyl (C=O) groups is 1. The van der Waals surface area contributed by atoms with Crippen molar-refractivity contribution < 1.29 is 9.53 Å². The summed E-state index contributed by atoms with van der Waals surface area (Å²) in [5.41, 5.74) is -0.244. The minimum absolute atomic E-state index is 0.0912. The largest absolute Gasteiger partial charge is 0.361 e. The maximum atomic E-state index is 11.7. The van der Waals surface area contributed by atoms with E-state index in [0.29, 0.717) is 0 Å². The van der Waals surface area contributed by atoms with Crippen LogP contribution in [0.15, 0.2) is 0 Å². The molecule has 0 aromatic carbocycles. The van der Waals surface area contributed by atoms with Gasteiger partial charge in [0, 0.05) is 5.41 Å². The van der Waals surface area contributed by atoms with Crippen LogP contribution in [0.4, 0.5) is 0 Å². The van der Waals surface area contributed by atoms with Crippen molar-refractivity contribution >= 4 is 5.78 Å². The van der Waals surface area contributed by atoms with E-state index in [1.807, 2.05) is 20.8 Å². The molecule has 0 radical (unpaired) electrons. The van der Waals surface area contributed by atoms with E-state index in [2.05, 4.69) is 6.92 Å². The summed E-state index contributed by atoms with van der Waals surface area (Å²) in [5, 5.41) is 0. The zero-order chi connectivity index (χ0) is 10.1. The van der Waals surface area contributed by atoms with Gasteiger partial charge in [-0.1, -0.05) is 40.5 Å². The highest BCUT2D eigenvalue weighted by Gasteiger charge is 2.47. The van der Waals surface area contributed by atoms with Gasteiger partial charge in [-0.3, -0.25) is 4.79 Å². The minimum atomic E-state index is -0.244. The van der Waals surface area contributed by atoms with Crippen molar-refractivity contribution in [2.24, 2.45) is 5.41 Å². The first-order chi connectivity index (χ1) is 5.96. The summed E-state index contributed by atoms with van der Waals surface area (Å²) in [7, 11) is 0. The van der Waals surface area contributed by atoms with Crippen LogP contribution >= 0.6 is 0 Å². The average molecular weight is 184 g/mol. The Morgan fingerprint density at radius 2 is 2.00 bits per heavy atom. The Balaban J connectivity index is 2.30. The molecule has 0 saturated carbocycles. The zero-order valence-electron chi connectivity index (χ0n) is 9.09. The summed E-state index contributed by atoms with van der Waals surface area (Å²) >= 11 is 0. The third-order valence-electron chi connectivity index (χ3n) is 2.42. The molecule has 2 heteroatoms. The normalized spacial score (nSPS) is 27.4. The topological polar surface area (TPSA) is 29.6 Å². The summed E-state index contributed by atoms with van der Waals surface area (Å²) in [5.74, 6) is 0.258. The lowest BCUT2D eigenvalue weighted by atomic mass is 9.87. The lowest BCUT2D eigenvalue weighted by Gasteiger charge is -2.14. The predicted octanol–water partition coefficient (Wildman–Crippen LogP) is 2.56. The van der Waals surface area contributed by atoms with Crippen molar-refractivity contribution in [2.45, 2.75) is 59.2 Å². The molecular formula is C11H20O2. The number of Topliss-reactive ketones (excluding diaryl/α,β-unsaturated/α-hetero) is 1. The smallest absolute Gasteiger partial charge is 0.169 e. The second-order valence-electron chi connectivity index (χ2n) is 4.85. The Labute approximate surface area is 80.7 Å². The van der Waals surface area contributed by atoms with Crippen molar-refractivity contribution in [1.29, 1.82) is 0 Å². The summed E-state index contributed by atoms with van der Waals surface area (Å²) < 4.78 is 5.36. The fourth-order valence-electron chi connectivity index (χ4n) is 1.43. The molecule has 1 rings (SSSR count). The first kappa shape index (κ1) is 10.7. The predicted molar refractivity (Wildman–Crippen MR) is 52.6 cm³/mol. The van der Waals surface area contributed by atoms with E-state index in [9.17, 15) is 4.79 Å². The molecule has 0 amide bonds. The Bertz CT molecular complexity index is 191. The molecule has 1 fully saturated rings. The molecule has 0 aliphatic carbocycles. The lowest BCUT2D eigenvalue weighted by molar-refractivity contribution is -0.127. The number of rotatable bonds is 4. The number of hydrogen-bond donors (Lipinski definition) is 0. The molecule has 0 unspecified atom stereocenters. The molecule has 0 aromatic heterocycles. The highest BCUT2D eigenvalue weighted by Crippen LogP contribution is 2.33. The number of unbranched alkanes of at least 4 members (excludes halogenated alkanes) is 1. The maximum absolute atomic E-state index is 11.7. The Morgan fingerprint density at radius 3 is 2.46 bits per heavy atom. The van der Waals surface area contributed by atoms with Gasteiger partial charge in [0.1, 0.15) is 6.10 Å². The Kier molecular flexibility index (Phi) is 3.12. The van der Waals surface area contributed by atoms with Gasteiger partial charge in [-0.25, -0.2) is 0 Å². The van der Waals surface area contributed by atoms with Gasteiger partial charge in [-0.2, -0.15) is 0 Å². The zero-order valence-corrected chi connectivity index (χ0v) is 9.09. The van der Waals surface area contributed by atoms with Crippen molar-refractivity contribution in [3.05, 3.63) is 0 Å². The van der Waals surface area contributed by atoms with Gasteiger partial charge >= 0.3 is 0 Å². The number of epoxide rings is 1. The molecule has 2 atom stereocenters. The molecule has 13 heavy (non-hydrogen) atoms. The standard InChI is InChI=1S/C11H20O2/c1-5-6-7-8-9(13-8)10(12)11(2,3)4/h8-9H,5-7H2,1-4H3/t8-,9-/m0/s1. The SMILES string of the molecule is CCCC[C@@H]1O[C@@H]1C(=O)C(C)(C)C. The van der Waals surface area contributed by atoms with Crippen molar-refractivity contribution in [3.63, 3.8) is 0 Å². The van der Waals surface area contributed by atoms with Gasteiger partial charge in [0.2, 0.25) is 0 Å². The van der Waals surface area contributed by atoms with Crippen LogP contribution in [0.1, 0.15) is 47.0 Å². The number of hydrogen-bond acceptors (Lipinski definition) is 2.